The lowest BCUT2D eigenvalue weighted by Crippen LogP contribution is -2.51. The minimum absolute atomic E-state index is 0.0756. The van der Waals surface area contributed by atoms with Crippen LogP contribution in [0.4, 0.5) is 0 Å². The summed E-state index contributed by atoms with van der Waals surface area (Å²) in [6.45, 7) is 4.32. The normalized spacial score (nSPS) is 14.4. The lowest BCUT2D eigenvalue weighted by atomic mass is 10.1. The third-order valence-corrected chi connectivity index (χ3v) is 4.78. The maximum atomic E-state index is 12.6. The van der Waals surface area contributed by atoms with Crippen molar-refractivity contribution in [2.24, 2.45) is 0 Å². The highest BCUT2D eigenvalue weighted by Gasteiger charge is 2.24. The van der Waals surface area contributed by atoms with Gasteiger partial charge >= 0.3 is 0 Å². The van der Waals surface area contributed by atoms with E-state index in [1.807, 2.05) is 53.4 Å². The Hall–Kier alpha value is -2.76. The Morgan fingerprint density at radius 2 is 1.69 bits per heavy atom. The Bertz CT molecular complexity index is 763. The van der Waals surface area contributed by atoms with E-state index in [0.717, 1.165) is 22.4 Å². The molecule has 26 heavy (non-hydrogen) atoms. The second-order valence-corrected chi connectivity index (χ2v) is 6.65. The summed E-state index contributed by atoms with van der Waals surface area (Å²) in [7, 11) is 1.62. The summed E-state index contributed by atoms with van der Waals surface area (Å²) >= 11 is 0. The van der Waals surface area contributed by atoms with Crippen LogP contribution >= 0.6 is 0 Å². The Balaban J connectivity index is 1.54. The van der Waals surface area contributed by atoms with Gasteiger partial charge in [0.05, 0.1) is 20.0 Å². The number of nitrogens with one attached hydrogen (secondary N) is 1. The SMILES string of the molecule is COc1ccc(C)cc1CC(=O)N1CCN(C(=O)Cc2cc[nH]c2)CC1. The third-order valence-electron chi connectivity index (χ3n) is 4.78. The number of carbonyl (C=O) groups excluding carboxylic acids is 2. The van der Waals surface area contributed by atoms with Crippen molar-refractivity contribution in [1.82, 2.24) is 14.8 Å². The topological polar surface area (TPSA) is 65.6 Å². The first-order chi connectivity index (χ1) is 12.6. The molecule has 1 fully saturated rings. The number of methoxy groups -OCH3 is 1. The first-order valence-electron chi connectivity index (χ1n) is 8.87. The molecule has 0 bridgehead atoms. The fourth-order valence-electron chi connectivity index (χ4n) is 3.28. The van der Waals surface area contributed by atoms with E-state index in [1.165, 1.54) is 0 Å². The molecule has 138 valence electrons. The van der Waals surface area contributed by atoms with Crippen LogP contribution in [0.1, 0.15) is 16.7 Å². The molecule has 1 aromatic heterocycles. The molecule has 0 atom stereocenters. The summed E-state index contributed by atoms with van der Waals surface area (Å²) in [6.07, 6.45) is 4.38. The maximum absolute atomic E-state index is 12.6. The number of rotatable bonds is 5. The van der Waals surface area contributed by atoms with Crippen LogP contribution in [0.3, 0.4) is 0 Å². The van der Waals surface area contributed by atoms with E-state index in [-0.39, 0.29) is 11.8 Å². The number of H-pyrrole nitrogens is 1. The van der Waals surface area contributed by atoms with Gasteiger partial charge in [0.1, 0.15) is 5.75 Å². The van der Waals surface area contributed by atoms with Crippen molar-refractivity contribution in [2.75, 3.05) is 33.3 Å². The Morgan fingerprint density at radius 1 is 1.04 bits per heavy atom. The molecule has 0 unspecified atom stereocenters. The lowest BCUT2D eigenvalue weighted by Gasteiger charge is -2.35. The van der Waals surface area contributed by atoms with Gasteiger partial charge in [-0.3, -0.25) is 9.59 Å². The zero-order valence-corrected chi connectivity index (χ0v) is 15.3. The summed E-state index contributed by atoms with van der Waals surface area (Å²) in [5.74, 6) is 0.924. The van der Waals surface area contributed by atoms with Gasteiger partial charge in [0, 0.05) is 44.1 Å². The lowest BCUT2D eigenvalue weighted by molar-refractivity contribution is -0.138. The van der Waals surface area contributed by atoms with Crippen LogP contribution in [-0.2, 0) is 22.4 Å². The van der Waals surface area contributed by atoms with Crippen LogP contribution in [0.15, 0.2) is 36.7 Å². The van der Waals surface area contributed by atoms with Crippen molar-refractivity contribution in [3.05, 3.63) is 53.3 Å². The molecule has 0 saturated carbocycles. The molecule has 3 rings (SSSR count). The van der Waals surface area contributed by atoms with Gasteiger partial charge in [-0.05, 0) is 24.6 Å². The first kappa shape index (κ1) is 18.0. The van der Waals surface area contributed by atoms with Crippen molar-refractivity contribution in [2.45, 2.75) is 19.8 Å². The number of aromatic nitrogens is 1. The van der Waals surface area contributed by atoms with E-state index in [4.69, 9.17) is 4.74 Å². The summed E-state index contributed by atoms with van der Waals surface area (Å²) in [5, 5.41) is 0. The molecular weight excluding hydrogens is 330 g/mol. The highest BCUT2D eigenvalue weighted by atomic mass is 16.5. The standard InChI is InChI=1S/C20H25N3O3/c1-15-3-4-18(26-2)17(11-15)13-20(25)23-9-7-22(8-10-23)19(24)12-16-5-6-21-14-16/h3-6,11,14,21H,7-10,12-13H2,1-2H3. The number of benzene rings is 1. The Labute approximate surface area is 153 Å². The zero-order valence-electron chi connectivity index (χ0n) is 15.3. The molecule has 6 heteroatoms. The summed E-state index contributed by atoms with van der Waals surface area (Å²) < 4.78 is 5.36. The number of hydrogen-bond acceptors (Lipinski definition) is 3. The number of amides is 2. The molecule has 1 aliphatic heterocycles. The van der Waals surface area contributed by atoms with Crippen molar-refractivity contribution >= 4 is 11.8 Å². The van der Waals surface area contributed by atoms with Crippen molar-refractivity contribution < 1.29 is 14.3 Å². The highest BCUT2D eigenvalue weighted by molar-refractivity contribution is 5.81. The van der Waals surface area contributed by atoms with Crippen LogP contribution in [0.25, 0.3) is 0 Å². The minimum atomic E-state index is 0.0756. The number of nitrogens with zero attached hydrogens (tertiary/aromatic N) is 2. The first-order valence-corrected chi connectivity index (χ1v) is 8.87. The molecule has 1 saturated heterocycles. The number of ether oxygens (including phenoxy) is 1. The molecular formula is C20H25N3O3. The third kappa shape index (κ3) is 4.25. The van der Waals surface area contributed by atoms with Gasteiger partial charge in [0.2, 0.25) is 11.8 Å². The molecule has 2 amide bonds. The fraction of sp³-hybridized carbons (Fsp3) is 0.400. The molecule has 6 nitrogen and oxygen atoms in total. The van der Waals surface area contributed by atoms with Crippen LogP contribution in [0.5, 0.6) is 5.75 Å². The van der Waals surface area contributed by atoms with Crippen LogP contribution in [0, 0.1) is 6.92 Å². The molecule has 1 N–H and O–H groups in total. The second kappa shape index (κ2) is 8.08. The van der Waals surface area contributed by atoms with Crippen molar-refractivity contribution in [3.63, 3.8) is 0 Å². The highest BCUT2D eigenvalue weighted by Crippen LogP contribution is 2.21. The molecule has 1 aromatic carbocycles. The van der Waals surface area contributed by atoms with E-state index >= 15 is 0 Å². The summed E-state index contributed by atoms with van der Waals surface area (Å²) in [6, 6.07) is 7.78. The monoisotopic (exact) mass is 355 g/mol. The van der Waals surface area contributed by atoms with E-state index in [9.17, 15) is 9.59 Å². The molecule has 2 aromatic rings. The number of carbonyl (C=O) groups is 2. The van der Waals surface area contributed by atoms with Gasteiger partial charge < -0.3 is 19.5 Å². The van der Waals surface area contributed by atoms with Crippen LogP contribution in [-0.4, -0.2) is 59.9 Å². The summed E-state index contributed by atoms with van der Waals surface area (Å²) in [5.41, 5.74) is 3.00. The van der Waals surface area contributed by atoms with E-state index in [0.29, 0.717) is 39.0 Å². The predicted octanol–water partition coefficient (Wildman–Crippen LogP) is 1.79. The molecule has 2 heterocycles. The average molecular weight is 355 g/mol. The number of piperazine rings is 1. The quantitative estimate of drug-likeness (QED) is 0.889. The van der Waals surface area contributed by atoms with Gasteiger partial charge in [0.15, 0.2) is 0 Å². The summed E-state index contributed by atoms with van der Waals surface area (Å²) in [4.78, 5) is 31.6. The smallest absolute Gasteiger partial charge is 0.227 e. The van der Waals surface area contributed by atoms with Gasteiger partial charge in [-0.25, -0.2) is 0 Å². The minimum Gasteiger partial charge on any atom is -0.496 e. The number of aryl methyl sites for hydroxylation is 1. The van der Waals surface area contributed by atoms with E-state index in [2.05, 4.69) is 4.98 Å². The Kier molecular flexibility index (Phi) is 5.61. The van der Waals surface area contributed by atoms with Gasteiger partial charge in [-0.15, -0.1) is 0 Å². The van der Waals surface area contributed by atoms with Gasteiger partial charge in [0.25, 0.3) is 0 Å². The van der Waals surface area contributed by atoms with E-state index < -0.39 is 0 Å². The van der Waals surface area contributed by atoms with E-state index in [1.54, 1.807) is 7.11 Å². The van der Waals surface area contributed by atoms with Crippen LogP contribution in [0.2, 0.25) is 0 Å². The molecule has 0 aliphatic carbocycles. The fourth-order valence-corrected chi connectivity index (χ4v) is 3.28. The molecule has 1 aliphatic rings. The largest absolute Gasteiger partial charge is 0.496 e. The Morgan fingerprint density at radius 3 is 2.27 bits per heavy atom. The van der Waals surface area contributed by atoms with Gasteiger partial charge in [-0.2, -0.15) is 0 Å². The number of aromatic amines is 1. The van der Waals surface area contributed by atoms with Gasteiger partial charge in [-0.1, -0.05) is 17.7 Å². The van der Waals surface area contributed by atoms with Crippen molar-refractivity contribution in [3.8, 4) is 5.75 Å². The number of hydrogen-bond donors (Lipinski definition) is 1. The maximum Gasteiger partial charge on any atom is 0.227 e. The second-order valence-electron chi connectivity index (χ2n) is 6.65. The van der Waals surface area contributed by atoms with Crippen LogP contribution < -0.4 is 4.74 Å². The molecule has 0 spiro atoms. The average Bonchev–Trinajstić information content (AvgIpc) is 3.15. The molecule has 0 radical (unpaired) electrons. The zero-order chi connectivity index (χ0) is 18.5. The predicted molar refractivity (Wildman–Crippen MR) is 99.1 cm³/mol. The van der Waals surface area contributed by atoms with Crippen molar-refractivity contribution in [1.29, 1.82) is 0 Å².